The van der Waals surface area contributed by atoms with E-state index < -0.39 is 0 Å². The first-order chi connectivity index (χ1) is 7.36. The monoisotopic (exact) mass is 248 g/mol. The molecule has 0 amide bonds. The molecule has 1 aliphatic rings. The van der Waals surface area contributed by atoms with Crippen molar-refractivity contribution in [1.82, 2.24) is 10.2 Å². The lowest BCUT2D eigenvalue weighted by molar-refractivity contribution is 0.138. The van der Waals surface area contributed by atoms with Gasteiger partial charge in [0.2, 0.25) is 0 Å². The largest absolute Gasteiger partial charge is 0.383 e. The van der Waals surface area contributed by atoms with Gasteiger partial charge in [0.05, 0.1) is 6.61 Å². The second-order valence-electron chi connectivity index (χ2n) is 4.23. The van der Waals surface area contributed by atoms with E-state index in [0.717, 1.165) is 25.6 Å². The van der Waals surface area contributed by atoms with E-state index in [2.05, 4.69) is 16.8 Å². The van der Waals surface area contributed by atoms with E-state index in [9.17, 15) is 0 Å². The average Bonchev–Trinajstić information content (AvgIpc) is 2.28. The fraction of sp³-hybridized carbons (Fsp3) is 0.833. The van der Waals surface area contributed by atoms with Gasteiger partial charge in [-0.1, -0.05) is 6.08 Å². The molecule has 96 valence electrons. The summed E-state index contributed by atoms with van der Waals surface area (Å²) < 4.78 is 5.12. The summed E-state index contributed by atoms with van der Waals surface area (Å²) in [7, 11) is 1.76. The molecule has 0 radical (unpaired) electrons. The minimum absolute atomic E-state index is 0. The van der Waals surface area contributed by atoms with Crippen molar-refractivity contribution in [3.63, 3.8) is 0 Å². The predicted octanol–water partition coefficient (Wildman–Crippen LogP) is 1.54. The Morgan fingerprint density at radius 3 is 2.69 bits per heavy atom. The van der Waals surface area contributed by atoms with Gasteiger partial charge in [-0.3, -0.25) is 4.90 Å². The van der Waals surface area contributed by atoms with Crippen LogP contribution < -0.4 is 5.32 Å². The molecule has 0 atom stereocenters. The molecular weight excluding hydrogens is 224 g/mol. The maximum atomic E-state index is 5.12. The van der Waals surface area contributed by atoms with Crippen LogP contribution in [0.4, 0.5) is 0 Å². The van der Waals surface area contributed by atoms with Gasteiger partial charge in [0.15, 0.2) is 0 Å². The molecule has 1 heterocycles. The molecule has 0 bridgehead atoms. The lowest BCUT2D eigenvalue weighted by atomic mass is 9.97. The van der Waals surface area contributed by atoms with Crippen molar-refractivity contribution in [3.05, 3.63) is 12.7 Å². The molecule has 1 fully saturated rings. The Balaban J connectivity index is 0.00000225. The summed E-state index contributed by atoms with van der Waals surface area (Å²) in [4.78, 5) is 2.44. The SMILES string of the molecule is C=CCN(CCOC)CC1CCNCC1.Cl. The van der Waals surface area contributed by atoms with Crippen molar-refractivity contribution < 1.29 is 4.74 Å². The van der Waals surface area contributed by atoms with Gasteiger partial charge >= 0.3 is 0 Å². The Hall–Kier alpha value is -0.0900. The highest BCUT2D eigenvalue weighted by Gasteiger charge is 2.15. The Bertz CT molecular complexity index is 172. The number of rotatable bonds is 7. The molecule has 0 aromatic carbocycles. The smallest absolute Gasteiger partial charge is 0.0589 e. The van der Waals surface area contributed by atoms with Gasteiger partial charge in [-0.2, -0.15) is 0 Å². The minimum Gasteiger partial charge on any atom is -0.383 e. The number of hydrogen-bond donors (Lipinski definition) is 1. The third-order valence-corrected chi connectivity index (χ3v) is 2.97. The zero-order valence-electron chi connectivity index (χ0n) is 10.3. The van der Waals surface area contributed by atoms with Crippen molar-refractivity contribution >= 4 is 12.4 Å². The molecule has 4 heteroatoms. The normalized spacial score (nSPS) is 17.1. The zero-order valence-corrected chi connectivity index (χ0v) is 11.1. The second-order valence-corrected chi connectivity index (χ2v) is 4.23. The maximum absolute atomic E-state index is 5.12. The summed E-state index contributed by atoms with van der Waals surface area (Å²) in [6.45, 7) is 10.2. The number of piperidine rings is 1. The molecule has 16 heavy (non-hydrogen) atoms. The first kappa shape index (κ1) is 15.9. The fourth-order valence-electron chi connectivity index (χ4n) is 2.09. The summed E-state index contributed by atoms with van der Waals surface area (Å²) in [6, 6.07) is 0. The number of nitrogens with zero attached hydrogens (tertiary/aromatic N) is 1. The third kappa shape index (κ3) is 6.48. The van der Waals surface area contributed by atoms with Gasteiger partial charge in [0.25, 0.3) is 0 Å². The van der Waals surface area contributed by atoms with Crippen LogP contribution in [-0.4, -0.2) is 51.3 Å². The van der Waals surface area contributed by atoms with Crippen molar-refractivity contribution in [2.45, 2.75) is 12.8 Å². The molecule has 0 aromatic heterocycles. The predicted molar refractivity (Wildman–Crippen MR) is 71.4 cm³/mol. The van der Waals surface area contributed by atoms with Crippen LogP contribution in [0.3, 0.4) is 0 Å². The number of nitrogens with one attached hydrogen (secondary N) is 1. The van der Waals surface area contributed by atoms with E-state index in [0.29, 0.717) is 0 Å². The Morgan fingerprint density at radius 1 is 1.44 bits per heavy atom. The van der Waals surface area contributed by atoms with E-state index in [-0.39, 0.29) is 12.4 Å². The number of hydrogen-bond acceptors (Lipinski definition) is 3. The molecule has 0 saturated carbocycles. The maximum Gasteiger partial charge on any atom is 0.0589 e. The lowest BCUT2D eigenvalue weighted by Gasteiger charge is -2.29. The Morgan fingerprint density at radius 2 is 2.12 bits per heavy atom. The summed E-state index contributed by atoms with van der Waals surface area (Å²) in [5.41, 5.74) is 0. The lowest BCUT2D eigenvalue weighted by Crippen LogP contribution is -2.37. The van der Waals surface area contributed by atoms with Gasteiger partial charge < -0.3 is 10.1 Å². The summed E-state index contributed by atoms with van der Waals surface area (Å²) >= 11 is 0. The van der Waals surface area contributed by atoms with Crippen LogP contribution in [0.5, 0.6) is 0 Å². The van der Waals surface area contributed by atoms with Crippen LogP contribution in [0.2, 0.25) is 0 Å². The molecule has 1 aliphatic heterocycles. The molecule has 3 nitrogen and oxygen atoms in total. The summed E-state index contributed by atoms with van der Waals surface area (Å²) in [5.74, 6) is 0.850. The minimum atomic E-state index is 0. The van der Waals surface area contributed by atoms with Crippen LogP contribution in [0, 0.1) is 5.92 Å². The molecular formula is C12H25ClN2O. The van der Waals surface area contributed by atoms with Crippen molar-refractivity contribution in [1.29, 1.82) is 0 Å². The highest BCUT2D eigenvalue weighted by atomic mass is 35.5. The van der Waals surface area contributed by atoms with Crippen LogP contribution in [0.1, 0.15) is 12.8 Å². The van der Waals surface area contributed by atoms with Crippen LogP contribution in [0.15, 0.2) is 12.7 Å². The zero-order chi connectivity index (χ0) is 10.9. The van der Waals surface area contributed by atoms with Gasteiger partial charge in [-0.25, -0.2) is 0 Å². The standard InChI is InChI=1S/C12H24N2O.ClH/c1-3-8-14(9-10-15-2)11-12-4-6-13-7-5-12;/h3,12-13H,1,4-11H2,2H3;1H. The van der Waals surface area contributed by atoms with E-state index in [1.807, 2.05) is 6.08 Å². The van der Waals surface area contributed by atoms with Crippen molar-refractivity contribution in [2.24, 2.45) is 5.92 Å². The second kappa shape index (κ2) is 10.1. The quantitative estimate of drug-likeness (QED) is 0.692. The van der Waals surface area contributed by atoms with Gasteiger partial charge in [0, 0.05) is 26.7 Å². The summed E-state index contributed by atoms with van der Waals surface area (Å²) in [6.07, 6.45) is 4.60. The molecule has 0 aliphatic carbocycles. The topological polar surface area (TPSA) is 24.5 Å². The first-order valence-electron chi connectivity index (χ1n) is 5.89. The molecule has 0 unspecified atom stereocenters. The van der Waals surface area contributed by atoms with Crippen LogP contribution >= 0.6 is 12.4 Å². The van der Waals surface area contributed by atoms with Gasteiger partial charge in [-0.15, -0.1) is 19.0 Å². The first-order valence-corrected chi connectivity index (χ1v) is 5.89. The molecule has 1 rings (SSSR count). The van der Waals surface area contributed by atoms with Crippen molar-refractivity contribution in [3.8, 4) is 0 Å². The summed E-state index contributed by atoms with van der Waals surface area (Å²) in [5, 5.41) is 3.40. The Kier molecular flexibility index (Phi) is 10.0. The molecule has 0 aromatic rings. The van der Waals surface area contributed by atoms with Crippen molar-refractivity contribution in [2.75, 3.05) is 46.4 Å². The van der Waals surface area contributed by atoms with E-state index in [1.54, 1.807) is 7.11 Å². The fourth-order valence-corrected chi connectivity index (χ4v) is 2.09. The van der Waals surface area contributed by atoms with Crippen LogP contribution in [0.25, 0.3) is 0 Å². The number of methoxy groups -OCH3 is 1. The molecule has 0 spiro atoms. The van der Waals surface area contributed by atoms with E-state index in [4.69, 9.17) is 4.74 Å². The molecule has 1 N–H and O–H groups in total. The van der Waals surface area contributed by atoms with E-state index >= 15 is 0 Å². The molecule has 1 saturated heterocycles. The number of halogens is 1. The number of ether oxygens (including phenoxy) is 1. The van der Waals surface area contributed by atoms with E-state index in [1.165, 1.54) is 32.5 Å². The highest BCUT2D eigenvalue weighted by Crippen LogP contribution is 2.13. The average molecular weight is 249 g/mol. The highest BCUT2D eigenvalue weighted by molar-refractivity contribution is 5.85. The third-order valence-electron chi connectivity index (χ3n) is 2.97. The van der Waals surface area contributed by atoms with Gasteiger partial charge in [-0.05, 0) is 31.8 Å². The van der Waals surface area contributed by atoms with Crippen LogP contribution in [-0.2, 0) is 4.74 Å². The van der Waals surface area contributed by atoms with Gasteiger partial charge in [0.1, 0.15) is 0 Å². The Labute approximate surface area is 106 Å².